The number of aryl methyl sites for hydroxylation is 1. The maximum atomic E-state index is 13.2. The molecule has 7 nitrogen and oxygen atoms in total. The van der Waals surface area contributed by atoms with Crippen molar-refractivity contribution in [3.8, 4) is 0 Å². The maximum Gasteiger partial charge on any atom is 0.272 e. The third-order valence-electron chi connectivity index (χ3n) is 5.23. The maximum absolute atomic E-state index is 13.2. The van der Waals surface area contributed by atoms with E-state index in [0.717, 1.165) is 11.1 Å². The van der Waals surface area contributed by atoms with Gasteiger partial charge in [0.2, 0.25) is 0 Å². The minimum Gasteiger partial charge on any atom is -0.319 e. The lowest BCUT2D eigenvalue weighted by molar-refractivity contribution is 0.101. The van der Waals surface area contributed by atoms with Crippen molar-refractivity contribution in [2.75, 3.05) is 5.32 Å². The Morgan fingerprint density at radius 1 is 1.03 bits per heavy atom. The minimum absolute atomic E-state index is 0.203. The SMILES string of the molecule is Cc1cccn2c(=O)c3cc(C(=O)Nc4cccnc4)n(Cc4ccccc4)c3nc12. The van der Waals surface area contributed by atoms with Gasteiger partial charge < -0.3 is 9.88 Å². The van der Waals surface area contributed by atoms with Gasteiger partial charge in [-0.05, 0) is 42.3 Å². The molecular formula is C24H19N5O2. The highest BCUT2D eigenvalue weighted by Crippen LogP contribution is 2.20. The van der Waals surface area contributed by atoms with Gasteiger partial charge in [0.1, 0.15) is 17.0 Å². The molecule has 7 heteroatoms. The van der Waals surface area contributed by atoms with E-state index in [2.05, 4.69) is 10.3 Å². The number of carbonyl (C=O) groups excluding carboxylic acids is 1. The van der Waals surface area contributed by atoms with Crippen LogP contribution < -0.4 is 10.9 Å². The number of rotatable bonds is 4. The normalized spacial score (nSPS) is 11.1. The quantitative estimate of drug-likeness (QED) is 0.491. The number of amides is 1. The average Bonchev–Trinajstić information content (AvgIpc) is 3.15. The lowest BCUT2D eigenvalue weighted by Crippen LogP contribution is -2.18. The molecule has 0 fully saturated rings. The van der Waals surface area contributed by atoms with Crippen molar-refractivity contribution in [2.24, 2.45) is 0 Å². The number of benzene rings is 1. The summed E-state index contributed by atoms with van der Waals surface area (Å²) in [6, 6.07) is 18.6. The van der Waals surface area contributed by atoms with Crippen molar-refractivity contribution in [1.29, 1.82) is 0 Å². The first-order valence-electron chi connectivity index (χ1n) is 9.88. The lowest BCUT2D eigenvalue weighted by atomic mass is 10.2. The monoisotopic (exact) mass is 409 g/mol. The van der Waals surface area contributed by atoms with Gasteiger partial charge in [0.25, 0.3) is 11.5 Å². The van der Waals surface area contributed by atoms with Crippen LogP contribution in [0.25, 0.3) is 16.7 Å². The Morgan fingerprint density at radius 2 is 1.87 bits per heavy atom. The molecule has 5 aromatic rings. The summed E-state index contributed by atoms with van der Waals surface area (Å²) >= 11 is 0. The number of anilines is 1. The molecule has 0 saturated heterocycles. The fraction of sp³-hybridized carbons (Fsp3) is 0.0833. The zero-order valence-corrected chi connectivity index (χ0v) is 16.8. The van der Waals surface area contributed by atoms with Crippen molar-refractivity contribution in [3.63, 3.8) is 0 Å². The van der Waals surface area contributed by atoms with Crippen molar-refractivity contribution in [2.45, 2.75) is 13.5 Å². The standard InChI is InChI=1S/C24H19N5O2/c1-16-7-6-12-28-21(16)27-22-19(24(28)31)13-20(23(30)26-18-10-5-11-25-14-18)29(22)15-17-8-3-2-4-9-17/h2-14H,15H2,1H3,(H,26,30). The second-order valence-electron chi connectivity index (χ2n) is 7.34. The van der Waals surface area contributed by atoms with E-state index in [1.807, 2.05) is 49.4 Å². The van der Waals surface area contributed by atoms with Gasteiger partial charge in [-0.15, -0.1) is 0 Å². The summed E-state index contributed by atoms with van der Waals surface area (Å²) in [5.41, 5.74) is 3.69. The molecule has 4 aromatic heterocycles. The third-order valence-corrected chi connectivity index (χ3v) is 5.23. The van der Waals surface area contributed by atoms with Crippen LogP contribution >= 0.6 is 0 Å². The fourth-order valence-corrected chi connectivity index (χ4v) is 3.71. The molecule has 1 aromatic carbocycles. The first-order valence-corrected chi connectivity index (χ1v) is 9.88. The molecule has 0 saturated carbocycles. The van der Waals surface area contributed by atoms with E-state index < -0.39 is 0 Å². The Labute approximate surface area is 177 Å². The Kier molecular flexibility index (Phi) is 4.55. The number of nitrogens with zero attached hydrogens (tertiary/aromatic N) is 4. The number of pyridine rings is 2. The van der Waals surface area contributed by atoms with E-state index in [-0.39, 0.29) is 11.5 Å². The predicted molar refractivity (Wildman–Crippen MR) is 119 cm³/mol. The van der Waals surface area contributed by atoms with Crippen molar-refractivity contribution < 1.29 is 4.79 Å². The molecule has 1 amide bonds. The number of aromatic nitrogens is 4. The first-order chi connectivity index (χ1) is 15.1. The van der Waals surface area contributed by atoms with Gasteiger partial charge in [-0.2, -0.15) is 0 Å². The van der Waals surface area contributed by atoms with Crippen LogP contribution in [0.3, 0.4) is 0 Å². The predicted octanol–water partition coefficient (Wildman–Crippen LogP) is 3.65. The van der Waals surface area contributed by atoms with E-state index in [4.69, 9.17) is 4.98 Å². The van der Waals surface area contributed by atoms with E-state index in [1.54, 1.807) is 41.4 Å². The highest BCUT2D eigenvalue weighted by atomic mass is 16.2. The molecule has 0 unspecified atom stereocenters. The first kappa shape index (κ1) is 18.7. The Hall–Kier alpha value is -4.26. The Balaban J connectivity index is 1.73. The molecule has 4 heterocycles. The van der Waals surface area contributed by atoms with E-state index >= 15 is 0 Å². The van der Waals surface area contributed by atoms with Crippen LogP contribution in [-0.2, 0) is 6.54 Å². The second-order valence-corrected chi connectivity index (χ2v) is 7.34. The average molecular weight is 409 g/mol. The molecule has 0 aliphatic rings. The fourth-order valence-electron chi connectivity index (χ4n) is 3.71. The Bertz CT molecular complexity index is 1470. The van der Waals surface area contributed by atoms with Crippen LogP contribution in [-0.4, -0.2) is 24.8 Å². The lowest BCUT2D eigenvalue weighted by Gasteiger charge is -2.11. The zero-order chi connectivity index (χ0) is 21.4. The summed E-state index contributed by atoms with van der Waals surface area (Å²) in [5.74, 6) is -0.327. The molecule has 31 heavy (non-hydrogen) atoms. The molecule has 0 spiro atoms. The van der Waals surface area contributed by atoms with Gasteiger partial charge in [-0.1, -0.05) is 36.4 Å². The highest BCUT2D eigenvalue weighted by molar-refractivity contribution is 6.06. The smallest absolute Gasteiger partial charge is 0.272 e. The molecule has 152 valence electrons. The molecular weight excluding hydrogens is 390 g/mol. The van der Waals surface area contributed by atoms with Crippen molar-refractivity contribution in [1.82, 2.24) is 18.9 Å². The topological polar surface area (TPSA) is 81.3 Å². The van der Waals surface area contributed by atoms with Crippen LogP contribution in [0.5, 0.6) is 0 Å². The van der Waals surface area contributed by atoms with Crippen LogP contribution in [0.1, 0.15) is 21.6 Å². The minimum atomic E-state index is -0.327. The summed E-state index contributed by atoms with van der Waals surface area (Å²) in [6.07, 6.45) is 4.91. The Morgan fingerprint density at radius 3 is 2.65 bits per heavy atom. The third kappa shape index (κ3) is 3.36. The van der Waals surface area contributed by atoms with Gasteiger partial charge in [-0.3, -0.25) is 19.0 Å². The highest BCUT2D eigenvalue weighted by Gasteiger charge is 2.20. The van der Waals surface area contributed by atoms with Gasteiger partial charge in [0.15, 0.2) is 0 Å². The molecule has 0 aliphatic carbocycles. The van der Waals surface area contributed by atoms with Crippen LogP contribution in [0.15, 0.2) is 84.0 Å². The van der Waals surface area contributed by atoms with E-state index in [0.29, 0.717) is 34.6 Å². The van der Waals surface area contributed by atoms with E-state index in [9.17, 15) is 9.59 Å². The van der Waals surface area contributed by atoms with Gasteiger partial charge in [0.05, 0.1) is 17.3 Å². The summed E-state index contributed by atoms with van der Waals surface area (Å²) < 4.78 is 3.32. The molecule has 1 N–H and O–H groups in total. The van der Waals surface area contributed by atoms with Crippen LogP contribution in [0, 0.1) is 6.92 Å². The molecule has 5 rings (SSSR count). The number of hydrogen-bond acceptors (Lipinski definition) is 4. The molecule has 0 atom stereocenters. The molecule has 0 aliphatic heterocycles. The zero-order valence-electron chi connectivity index (χ0n) is 16.8. The molecule has 0 radical (unpaired) electrons. The van der Waals surface area contributed by atoms with Crippen LogP contribution in [0.4, 0.5) is 5.69 Å². The second kappa shape index (κ2) is 7.53. The van der Waals surface area contributed by atoms with Crippen LogP contribution in [0.2, 0.25) is 0 Å². The number of nitrogens with one attached hydrogen (secondary N) is 1. The van der Waals surface area contributed by atoms with Gasteiger partial charge in [0, 0.05) is 18.9 Å². The molecule has 0 bridgehead atoms. The summed E-state index contributed by atoms with van der Waals surface area (Å²) in [7, 11) is 0. The number of carbonyl (C=O) groups is 1. The number of fused-ring (bicyclic) bond motifs is 2. The summed E-state index contributed by atoms with van der Waals surface area (Å²) in [4.78, 5) is 35.2. The van der Waals surface area contributed by atoms with Gasteiger partial charge in [-0.25, -0.2) is 4.98 Å². The summed E-state index contributed by atoms with van der Waals surface area (Å²) in [6.45, 7) is 2.32. The van der Waals surface area contributed by atoms with Gasteiger partial charge >= 0.3 is 0 Å². The number of hydrogen-bond donors (Lipinski definition) is 1. The van der Waals surface area contributed by atoms with E-state index in [1.165, 1.54) is 4.40 Å². The van der Waals surface area contributed by atoms with Crippen molar-refractivity contribution in [3.05, 3.63) is 106 Å². The largest absolute Gasteiger partial charge is 0.319 e. The summed E-state index contributed by atoms with van der Waals surface area (Å²) in [5, 5.41) is 3.26. The van der Waals surface area contributed by atoms with Crippen molar-refractivity contribution >= 4 is 28.3 Å².